The summed E-state index contributed by atoms with van der Waals surface area (Å²) in [6.07, 6.45) is 0. The Morgan fingerprint density at radius 3 is 2.71 bits per heavy atom. The predicted molar refractivity (Wildman–Crippen MR) is 53.2 cm³/mol. The summed E-state index contributed by atoms with van der Waals surface area (Å²) in [5.41, 5.74) is 6.49. The first-order chi connectivity index (χ1) is 6.56. The van der Waals surface area contributed by atoms with Crippen LogP contribution < -0.4 is 5.73 Å². The smallest absolute Gasteiger partial charge is 0.341 e. The Morgan fingerprint density at radius 2 is 2.29 bits per heavy atom. The summed E-state index contributed by atoms with van der Waals surface area (Å²) in [5.74, 6) is -0.501. The molecule has 14 heavy (non-hydrogen) atoms. The van der Waals surface area contributed by atoms with Crippen molar-refractivity contribution in [2.45, 2.75) is 13.0 Å². The number of ether oxygens (including phenoxy) is 1. The maximum Gasteiger partial charge on any atom is 0.341 e. The van der Waals surface area contributed by atoms with Crippen LogP contribution in [-0.4, -0.2) is 18.1 Å². The number of methoxy groups -OCH3 is 1. The van der Waals surface area contributed by atoms with E-state index in [1.54, 1.807) is 19.1 Å². The standard InChI is InChI=1S/C9H11ClN2O2/c1-5(11)7-4-3-6(8(10)12-7)9(13)14-2/h3-5H,11H2,1-2H3/t5-/m1/s1. The minimum absolute atomic E-state index is 0.117. The van der Waals surface area contributed by atoms with E-state index in [0.717, 1.165) is 0 Å². The van der Waals surface area contributed by atoms with Gasteiger partial charge in [0.2, 0.25) is 0 Å². The van der Waals surface area contributed by atoms with Gasteiger partial charge in [-0.2, -0.15) is 0 Å². The molecule has 0 aliphatic heterocycles. The number of nitrogens with two attached hydrogens (primary N) is 1. The Labute approximate surface area is 87.0 Å². The highest BCUT2D eigenvalue weighted by Gasteiger charge is 2.13. The van der Waals surface area contributed by atoms with Crippen molar-refractivity contribution >= 4 is 17.6 Å². The fourth-order valence-corrected chi connectivity index (χ4v) is 1.20. The molecule has 0 spiro atoms. The lowest BCUT2D eigenvalue weighted by molar-refractivity contribution is 0.0600. The van der Waals surface area contributed by atoms with Crippen molar-refractivity contribution < 1.29 is 9.53 Å². The van der Waals surface area contributed by atoms with Crippen molar-refractivity contribution in [2.24, 2.45) is 5.73 Å². The molecule has 1 heterocycles. The van der Waals surface area contributed by atoms with E-state index >= 15 is 0 Å². The Kier molecular flexibility index (Phi) is 3.43. The molecule has 0 aromatic carbocycles. The molecule has 0 radical (unpaired) electrons. The lowest BCUT2D eigenvalue weighted by Crippen LogP contribution is -2.10. The summed E-state index contributed by atoms with van der Waals surface area (Å²) in [7, 11) is 1.29. The van der Waals surface area contributed by atoms with Gasteiger partial charge in [0.05, 0.1) is 18.4 Å². The molecule has 5 heteroatoms. The number of halogens is 1. The van der Waals surface area contributed by atoms with E-state index < -0.39 is 5.97 Å². The van der Waals surface area contributed by atoms with Crippen LogP contribution in [0.5, 0.6) is 0 Å². The third kappa shape index (κ3) is 2.21. The minimum Gasteiger partial charge on any atom is -0.465 e. The zero-order valence-corrected chi connectivity index (χ0v) is 8.71. The number of esters is 1. The summed E-state index contributed by atoms with van der Waals surface area (Å²) in [4.78, 5) is 15.1. The molecule has 4 nitrogen and oxygen atoms in total. The van der Waals surface area contributed by atoms with E-state index in [9.17, 15) is 4.79 Å². The molecular formula is C9H11ClN2O2. The topological polar surface area (TPSA) is 65.2 Å². The van der Waals surface area contributed by atoms with Gasteiger partial charge in [-0.15, -0.1) is 0 Å². The van der Waals surface area contributed by atoms with E-state index in [0.29, 0.717) is 5.69 Å². The normalized spacial score (nSPS) is 12.3. The van der Waals surface area contributed by atoms with Crippen LogP contribution in [0.15, 0.2) is 12.1 Å². The van der Waals surface area contributed by atoms with Crippen LogP contribution in [-0.2, 0) is 4.74 Å². The van der Waals surface area contributed by atoms with Gasteiger partial charge in [0, 0.05) is 6.04 Å². The number of carbonyl (C=O) groups excluding carboxylic acids is 1. The third-order valence-corrected chi connectivity index (χ3v) is 2.03. The van der Waals surface area contributed by atoms with Gasteiger partial charge in [-0.1, -0.05) is 11.6 Å². The van der Waals surface area contributed by atoms with Gasteiger partial charge in [-0.3, -0.25) is 0 Å². The van der Waals surface area contributed by atoms with Crippen LogP contribution >= 0.6 is 11.6 Å². The Morgan fingerprint density at radius 1 is 1.64 bits per heavy atom. The molecule has 0 amide bonds. The Bertz CT molecular complexity index is 353. The first kappa shape index (κ1) is 10.9. The quantitative estimate of drug-likeness (QED) is 0.599. The number of hydrogen-bond acceptors (Lipinski definition) is 4. The van der Waals surface area contributed by atoms with Gasteiger partial charge in [-0.05, 0) is 19.1 Å². The van der Waals surface area contributed by atoms with E-state index in [2.05, 4.69) is 9.72 Å². The largest absolute Gasteiger partial charge is 0.465 e. The number of aromatic nitrogens is 1. The highest BCUT2D eigenvalue weighted by Crippen LogP contribution is 2.17. The van der Waals surface area contributed by atoms with E-state index in [-0.39, 0.29) is 16.8 Å². The SMILES string of the molecule is COC(=O)c1ccc([C@@H](C)N)nc1Cl. The molecule has 76 valence electrons. The molecule has 1 atom stereocenters. The zero-order chi connectivity index (χ0) is 10.7. The molecule has 2 N–H and O–H groups in total. The number of pyridine rings is 1. The molecule has 0 bridgehead atoms. The monoisotopic (exact) mass is 214 g/mol. The van der Waals surface area contributed by atoms with Gasteiger partial charge in [0.1, 0.15) is 5.15 Å². The molecular weight excluding hydrogens is 204 g/mol. The van der Waals surface area contributed by atoms with Crippen LogP contribution in [0.3, 0.4) is 0 Å². The predicted octanol–water partition coefficient (Wildman–Crippen LogP) is 1.54. The average Bonchev–Trinajstić information content (AvgIpc) is 2.16. The number of hydrogen-bond donors (Lipinski definition) is 1. The first-order valence-corrected chi connectivity index (χ1v) is 4.44. The van der Waals surface area contributed by atoms with Gasteiger partial charge in [-0.25, -0.2) is 9.78 Å². The summed E-state index contributed by atoms with van der Waals surface area (Å²) in [6, 6.07) is 3.00. The summed E-state index contributed by atoms with van der Waals surface area (Å²) >= 11 is 5.78. The van der Waals surface area contributed by atoms with E-state index in [1.165, 1.54) is 7.11 Å². The average molecular weight is 215 g/mol. The second-order valence-electron chi connectivity index (χ2n) is 2.85. The van der Waals surface area contributed by atoms with Crippen molar-refractivity contribution in [2.75, 3.05) is 7.11 Å². The molecule has 1 rings (SSSR count). The minimum atomic E-state index is -0.501. The van der Waals surface area contributed by atoms with Crippen molar-refractivity contribution in [1.82, 2.24) is 4.98 Å². The highest BCUT2D eigenvalue weighted by atomic mass is 35.5. The summed E-state index contributed by atoms with van der Waals surface area (Å²) in [6.45, 7) is 1.79. The Balaban J connectivity index is 3.07. The lowest BCUT2D eigenvalue weighted by Gasteiger charge is -2.06. The Hall–Kier alpha value is -1.13. The van der Waals surface area contributed by atoms with Gasteiger partial charge in [0.25, 0.3) is 0 Å². The summed E-state index contributed by atoms with van der Waals surface area (Å²) < 4.78 is 4.52. The van der Waals surface area contributed by atoms with Crippen molar-refractivity contribution in [3.8, 4) is 0 Å². The molecule has 0 saturated heterocycles. The van der Waals surface area contributed by atoms with Crippen LogP contribution in [0.1, 0.15) is 29.0 Å². The fraction of sp³-hybridized carbons (Fsp3) is 0.333. The molecule has 1 aromatic heterocycles. The highest BCUT2D eigenvalue weighted by molar-refractivity contribution is 6.32. The van der Waals surface area contributed by atoms with Crippen molar-refractivity contribution in [3.05, 3.63) is 28.5 Å². The second-order valence-corrected chi connectivity index (χ2v) is 3.21. The van der Waals surface area contributed by atoms with Crippen molar-refractivity contribution in [1.29, 1.82) is 0 Å². The fourth-order valence-electron chi connectivity index (χ4n) is 0.964. The lowest BCUT2D eigenvalue weighted by atomic mass is 10.2. The van der Waals surface area contributed by atoms with Gasteiger partial charge < -0.3 is 10.5 Å². The maximum absolute atomic E-state index is 11.1. The zero-order valence-electron chi connectivity index (χ0n) is 7.95. The first-order valence-electron chi connectivity index (χ1n) is 4.06. The van der Waals surface area contributed by atoms with Crippen LogP contribution in [0.2, 0.25) is 5.15 Å². The molecule has 0 aliphatic rings. The van der Waals surface area contributed by atoms with Crippen molar-refractivity contribution in [3.63, 3.8) is 0 Å². The second kappa shape index (κ2) is 4.39. The summed E-state index contributed by atoms with van der Waals surface area (Å²) in [5, 5.41) is 0.117. The van der Waals surface area contributed by atoms with Crippen LogP contribution in [0, 0.1) is 0 Å². The molecule has 0 fully saturated rings. The number of carbonyl (C=O) groups is 1. The van der Waals surface area contributed by atoms with Crippen LogP contribution in [0.4, 0.5) is 0 Å². The van der Waals surface area contributed by atoms with Gasteiger partial charge >= 0.3 is 5.97 Å². The van der Waals surface area contributed by atoms with E-state index in [1.807, 2.05) is 0 Å². The molecule has 0 saturated carbocycles. The van der Waals surface area contributed by atoms with Gasteiger partial charge in [0.15, 0.2) is 0 Å². The number of nitrogens with zero attached hydrogens (tertiary/aromatic N) is 1. The molecule has 0 unspecified atom stereocenters. The van der Waals surface area contributed by atoms with E-state index in [4.69, 9.17) is 17.3 Å². The van der Waals surface area contributed by atoms with Crippen LogP contribution in [0.25, 0.3) is 0 Å². The number of rotatable bonds is 2. The maximum atomic E-state index is 11.1. The third-order valence-electron chi connectivity index (χ3n) is 1.74. The molecule has 0 aliphatic carbocycles. The molecule has 1 aromatic rings.